The number of methoxy groups -OCH3 is 1. The van der Waals surface area contributed by atoms with Crippen molar-refractivity contribution >= 4 is 33.7 Å². The van der Waals surface area contributed by atoms with Gasteiger partial charge in [-0.1, -0.05) is 15.9 Å². The topological polar surface area (TPSA) is 74.2 Å². The van der Waals surface area contributed by atoms with Crippen LogP contribution < -0.4 is 15.1 Å². The van der Waals surface area contributed by atoms with Gasteiger partial charge in [0.15, 0.2) is 11.5 Å². The second kappa shape index (κ2) is 8.23. The molecule has 2 aromatic carbocycles. The third kappa shape index (κ3) is 4.16. The number of benzene rings is 2. The monoisotopic (exact) mass is 417 g/mol. The van der Waals surface area contributed by atoms with Gasteiger partial charge in [0.25, 0.3) is 5.91 Å². The number of amides is 1. The fourth-order valence-corrected chi connectivity index (χ4v) is 3.33. The minimum Gasteiger partial charge on any atom is -0.504 e. The summed E-state index contributed by atoms with van der Waals surface area (Å²) < 4.78 is 5.82. The Morgan fingerprint density at radius 3 is 2.62 bits per heavy atom. The van der Waals surface area contributed by atoms with Gasteiger partial charge in [0.1, 0.15) is 0 Å². The number of nitrogens with one attached hydrogen (secondary N) is 1. The zero-order valence-corrected chi connectivity index (χ0v) is 16.0. The number of rotatable bonds is 5. The summed E-state index contributed by atoms with van der Waals surface area (Å²) in [6, 6.07) is 10.8. The van der Waals surface area contributed by atoms with E-state index in [0.29, 0.717) is 16.9 Å². The summed E-state index contributed by atoms with van der Waals surface area (Å²) in [5.74, 6) is -0.0241. The van der Waals surface area contributed by atoms with E-state index >= 15 is 0 Å². The van der Waals surface area contributed by atoms with Crippen molar-refractivity contribution in [1.29, 1.82) is 0 Å². The second-order valence-corrected chi connectivity index (χ2v) is 6.90. The Hall–Kier alpha value is -2.54. The number of anilines is 1. The van der Waals surface area contributed by atoms with Crippen LogP contribution in [0.15, 0.2) is 46.0 Å². The largest absolute Gasteiger partial charge is 0.504 e. The van der Waals surface area contributed by atoms with Crippen LogP contribution in [0.25, 0.3) is 0 Å². The molecule has 2 aromatic rings. The van der Waals surface area contributed by atoms with Crippen molar-refractivity contribution in [2.24, 2.45) is 5.10 Å². The summed E-state index contributed by atoms with van der Waals surface area (Å²) in [6.07, 6.45) is 3.80. The number of phenols is 1. The predicted octanol–water partition coefficient (Wildman–Crippen LogP) is 3.53. The molecule has 1 aliphatic heterocycles. The fourth-order valence-electron chi connectivity index (χ4n) is 2.87. The van der Waals surface area contributed by atoms with Crippen LogP contribution >= 0.6 is 15.9 Å². The van der Waals surface area contributed by atoms with Crippen molar-refractivity contribution in [2.45, 2.75) is 12.8 Å². The number of aromatic hydroxyl groups is 1. The van der Waals surface area contributed by atoms with Crippen LogP contribution in [0, 0.1) is 0 Å². The van der Waals surface area contributed by atoms with Crippen LogP contribution in [-0.2, 0) is 0 Å². The summed E-state index contributed by atoms with van der Waals surface area (Å²) in [5.41, 5.74) is 4.56. The zero-order chi connectivity index (χ0) is 18.5. The van der Waals surface area contributed by atoms with Crippen molar-refractivity contribution in [3.8, 4) is 11.5 Å². The average molecular weight is 418 g/mol. The number of carbonyl (C=O) groups excluding carboxylic acids is 1. The number of ether oxygens (including phenoxy) is 1. The molecule has 0 atom stereocenters. The second-order valence-electron chi connectivity index (χ2n) is 5.99. The highest BCUT2D eigenvalue weighted by molar-refractivity contribution is 9.10. The Labute approximate surface area is 160 Å². The number of halogens is 1. The Morgan fingerprint density at radius 2 is 1.96 bits per heavy atom. The van der Waals surface area contributed by atoms with Crippen LogP contribution in [0.3, 0.4) is 0 Å². The lowest BCUT2D eigenvalue weighted by Crippen LogP contribution is -2.19. The van der Waals surface area contributed by atoms with Crippen molar-refractivity contribution in [3.05, 3.63) is 52.0 Å². The maximum Gasteiger partial charge on any atom is 0.271 e. The number of hydrogen-bond donors (Lipinski definition) is 2. The van der Waals surface area contributed by atoms with Gasteiger partial charge in [0, 0.05) is 34.4 Å². The van der Waals surface area contributed by atoms with Crippen molar-refractivity contribution in [3.63, 3.8) is 0 Å². The van der Waals surface area contributed by atoms with Crippen LogP contribution in [0.1, 0.15) is 28.8 Å². The number of hydrogen-bond acceptors (Lipinski definition) is 5. The van der Waals surface area contributed by atoms with E-state index in [1.165, 1.54) is 26.2 Å². The highest BCUT2D eigenvalue weighted by Crippen LogP contribution is 2.32. The van der Waals surface area contributed by atoms with E-state index in [-0.39, 0.29) is 11.7 Å². The molecule has 1 amide bonds. The van der Waals surface area contributed by atoms with Gasteiger partial charge in [0.2, 0.25) is 0 Å². The molecule has 1 heterocycles. The first-order valence-corrected chi connectivity index (χ1v) is 9.12. The van der Waals surface area contributed by atoms with E-state index in [1.54, 1.807) is 24.3 Å². The molecule has 0 spiro atoms. The Bertz CT molecular complexity index is 816. The smallest absolute Gasteiger partial charge is 0.271 e. The SMILES string of the molecule is COc1cc(Br)cc(/C=N\NC(=O)c2ccc(N3CCCC3)cc2)c1O. The molecule has 0 bridgehead atoms. The van der Waals surface area contributed by atoms with Crippen LogP contribution in [0.2, 0.25) is 0 Å². The molecule has 2 N–H and O–H groups in total. The van der Waals surface area contributed by atoms with E-state index in [1.807, 2.05) is 12.1 Å². The molecule has 0 radical (unpaired) electrons. The van der Waals surface area contributed by atoms with E-state index < -0.39 is 0 Å². The lowest BCUT2D eigenvalue weighted by atomic mass is 10.2. The van der Waals surface area contributed by atoms with Gasteiger partial charge < -0.3 is 14.7 Å². The molecule has 7 heteroatoms. The van der Waals surface area contributed by atoms with Crippen LogP contribution in [-0.4, -0.2) is 37.4 Å². The lowest BCUT2D eigenvalue weighted by molar-refractivity contribution is 0.0955. The van der Waals surface area contributed by atoms with E-state index in [9.17, 15) is 9.90 Å². The molecule has 0 aliphatic carbocycles. The normalized spacial score (nSPS) is 14.0. The quantitative estimate of drug-likeness (QED) is 0.576. The summed E-state index contributed by atoms with van der Waals surface area (Å²) in [4.78, 5) is 14.5. The molecule has 0 aromatic heterocycles. The van der Waals surface area contributed by atoms with Gasteiger partial charge in [-0.2, -0.15) is 5.10 Å². The first-order valence-electron chi connectivity index (χ1n) is 8.33. The molecule has 0 unspecified atom stereocenters. The van der Waals surface area contributed by atoms with Gasteiger partial charge in [-0.25, -0.2) is 5.43 Å². The van der Waals surface area contributed by atoms with Gasteiger partial charge in [-0.3, -0.25) is 4.79 Å². The molecular weight excluding hydrogens is 398 g/mol. The maximum absolute atomic E-state index is 12.2. The minimum atomic E-state index is -0.310. The average Bonchev–Trinajstić information content (AvgIpc) is 3.19. The highest BCUT2D eigenvalue weighted by atomic mass is 79.9. The number of carbonyl (C=O) groups is 1. The van der Waals surface area contributed by atoms with E-state index in [2.05, 4.69) is 31.4 Å². The molecule has 26 heavy (non-hydrogen) atoms. The van der Waals surface area contributed by atoms with Crippen molar-refractivity contribution in [2.75, 3.05) is 25.1 Å². The standard InChI is InChI=1S/C19H20BrN3O3/c1-26-17-11-15(20)10-14(18(17)24)12-21-22-19(25)13-4-6-16(7-5-13)23-8-2-3-9-23/h4-7,10-12,24H,2-3,8-9H2,1H3,(H,22,25)/b21-12-. The molecule has 1 saturated heterocycles. The first kappa shape index (κ1) is 18.3. The van der Waals surface area contributed by atoms with Gasteiger partial charge in [-0.05, 0) is 49.2 Å². The molecule has 1 aliphatic rings. The zero-order valence-electron chi connectivity index (χ0n) is 14.4. The fraction of sp³-hybridized carbons (Fsp3) is 0.263. The van der Waals surface area contributed by atoms with Gasteiger partial charge in [0.05, 0.1) is 13.3 Å². The van der Waals surface area contributed by atoms with Crippen molar-refractivity contribution in [1.82, 2.24) is 5.43 Å². The highest BCUT2D eigenvalue weighted by Gasteiger charge is 2.13. The third-order valence-electron chi connectivity index (χ3n) is 4.26. The Morgan fingerprint density at radius 1 is 1.27 bits per heavy atom. The summed E-state index contributed by atoms with van der Waals surface area (Å²) in [7, 11) is 1.47. The van der Waals surface area contributed by atoms with E-state index in [4.69, 9.17) is 4.74 Å². The molecule has 6 nitrogen and oxygen atoms in total. The molecule has 0 saturated carbocycles. The number of phenolic OH excluding ortho intramolecular Hbond substituents is 1. The van der Waals surface area contributed by atoms with Crippen LogP contribution in [0.5, 0.6) is 11.5 Å². The molecule has 3 rings (SSSR count). The summed E-state index contributed by atoms with van der Waals surface area (Å²) in [5, 5.41) is 14.0. The number of nitrogens with zero attached hydrogens (tertiary/aromatic N) is 2. The Balaban J connectivity index is 1.65. The lowest BCUT2D eigenvalue weighted by Gasteiger charge is -2.17. The Kier molecular flexibility index (Phi) is 5.78. The van der Waals surface area contributed by atoms with Gasteiger partial charge >= 0.3 is 0 Å². The predicted molar refractivity (Wildman–Crippen MR) is 105 cm³/mol. The third-order valence-corrected chi connectivity index (χ3v) is 4.72. The maximum atomic E-state index is 12.2. The summed E-state index contributed by atoms with van der Waals surface area (Å²) in [6.45, 7) is 2.13. The van der Waals surface area contributed by atoms with E-state index in [0.717, 1.165) is 23.2 Å². The first-order chi connectivity index (χ1) is 12.6. The molecular formula is C19H20BrN3O3. The molecule has 1 fully saturated rings. The van der Waals surface area contributed by atoms with Crippen LogP contribution in [0.4, 0.5) is 5.69 Å². The minimum absolute atomic E-state index is 0.0383. The van der Waals surface area contributed by atoms with Crippen molar-refractivity contribution < 1.29 is 14.6 Å². The molecule has 136 valence electrons. The number of hydrazone groups is 1. The van der Waals surface area contributed by atoms with Gasteiger partial charge in [-0.15, -0.1) is 0 Å². The summed E-state index contributed by atoms with van der Waals surface area (Å²) >= 11 is 3.34.